The van der Waals surface area contributed by atoms with Crippen molar-refractivity contribution in [2.45, 2.75) is 70.3 Å². The molecule has 0 aromatic heterocycles. The SMILES string of the molecule is Cc1cc(C(C)(C)C)cc(C)c1S(=O)(=O)NCCCOCC1CCCO1. The van der Waals surface area contributed by atoms with Crippen molar-refractivity contribution in [3.05, 3.63) is 28.8 Å². The van der Waals surface area contributed by atoms with Crippen molar-refractivity contribution in [2.75, 3.05) is 26.4 Å². The minimum absolute atomic E-state index is 0.00832. The summed E-state index contributed by atoms with van der Waals surface area (Å²) in [6, 6.07) is 3.96. The van der Waals surface area contributed by atoms with Gasteiger partial charge < -0.3 is 9.47 Å². The molecule has 0 bridgehead atoms. The van der Waals surface area contributed by atoms with Crippen molar-refractivity contribution in [2.24, 2.45) is 0 Å². The summed E-state index contributed by atoms with van der Waals surface area (Å²) in [6.07, 6.45) is 3.00. The lowest BCUT2D eigenvalue weighted by molar-refractivity contribution is 0.0169. The van der Waals surface area contributed by atoms with Crippen molar-refractivity contribution in [1.29, 1.82) is 0 Å². The molecule has 1 atom stereocenters. The second-order valence-electron chi connectivity index (χ2n) is 8.15. The molecule has 2 rings (SSSR count). The number of hydrogen-bond donors (Lipinski definition) is 1. The van der Waals surface area contributed by atoms with Gasteiger partial charge in [0.05, 0.1) is 17.6 Å². The molecule has 1 aliphatic rings. The first-order valence-electron chi connectivity index (χ1n) is 9.42. The molecule has 1 aromatic rings. The number of hydrogen-bond acceptors (Lipinski definition) is 4. The largest absolute Gasteiger partial charge is 0.379 e. The standard InChI is InChI=1S/C20H33NO4S/c1-15-12-17(20(3,4)5)13-16(2)19(15)26(22,23)21-9-7-10-24-14-18-8-6-11-25-18/h12-13,18,21H,6-11,14H2,1-5H3. The minimum atomic E-state index is -3.52. The molecule has 6 heteroatoms. The molecule has 0 aliphatic carbocycles. The Kier molecular flexibility index (Phi) is 7.25. The quantitative estimate of drug-likeness (QED) is 0.698. The van der Waals surface area contributed by atoms with Crippen LogP contribution in [0.25, 0.3) is 0 Å². The summed E-state index contributed by atoms with van der Waals surface area (Å²) in [4.78, 5) is 0.394. The first-order chi connectivity index (χ1) is 12.1. The van der Waals surface area contributed by atoms with Crippen LogP contribution >= 0.6 is 0 Å². The average molecular weight is 384 g/mol. The fourth-order valence-electron chi connectivity index (χ4n) is 3.25. The molecule has 26 heavy (non-hydrogen) atoms. The molecule has 1 saturated heterocycles. The highest BCUT2D eigenvalue weighted by Crippen LogP contribution is 2.29. The molecule has 1 aliphatic heterocycles. The van der Waals surface area contributed by atoms with Gasteiger partial charge in [-0.25, -0.2) is 13.1 Å². The van der Waals surface area contributed by atoms with Crippen molar-refractivity contribution in [3.63, 3.8) is 0 Å². The van der Waals surface area contributed by atoms with Gasteiger partial charge >= 0.3 is 0 Å². The lowest BCUT2D eigenvalue weighted by Gasteiger charge is -2.22. The van der Waals surface area contributed by atoms with E-state index in [-0.39, 0.29) is 11.5 Å². The predicted molar refractivity (Wildman–Crippen MR) is 104 cm³/mol. The van der Waals surface area contributed by atoms with Gasteiger partial charge in [-0.2, -0.15) is 0 Å². The molecule has 1 N–H and O–H groups in total. The van der Waals surface area contributed by atoms with E-state index in [0.29, 0.717) is 31.1 Å². The molecule has 0 amide bonds. The van der Waals surface area contributed by atoms with E-state index >= 15 is 0 Å². The maximum absolute atomic E-state index is 12.7. The molecule has 1 unspecified atom stereocenters. The maximum Gasteiger partial charge on any atom is 0.241 e. The van der Waals surface area contributed by atoms with E-state index in [9.17, 15) is 8.42 Å². The smallest absolute Gasteiger partial charge is 0.241 e. The monoisotopic (exact) mass is 383 g/mol. The van der Waals surface area contributed by atoms with Gasteiger partial charge in [-0.15, -0.1) is 0 Å². The summed E-state index contributed by atoms with van der Waals surface area (Å²) in [5.74, 6) is 0. The number of aryl methyl sites for hydroxylation is 2. The first-order valence-corrected chi connectivity index (χ1v) is 10.9. The zero-order chi connectivity index (χ0) is 19.4. The van der Waals surface area contributed by atoms with Crippen molar-refractivity contribution in [1.82, 2.24) is 4.72 Å². The molecular weight excluding hydrogens is 350 g/mol. The predicted octanol–water partition coefficient (Wildman–Crippen LogP) is 3.46. The Morgan fingerprint density at radius 1 is 1.23 bits per heavy atom. The normalized spacial score (nSPS) is 18.4. The van der Waals surface area contributed by atoms with E-state index in [1.165, 1.54) is 0 Å². The van der Waals surface area contributed by atoms with Gasteiger partial charge in [0.1, 0.15) is 0 Å². The van der Waals surface area contributed by atoms with Crippen LogP contribution in [-0.2, 0) is 24.9 Å². The van der Waals surface area contributed by atoms with Crippen LogP contribution in [0.15, 0.2) is 17.0 Å². The average Bonchev–Trinajstić information content (AvgIpc) is 3.02. The van der Waals surface area contributed by atoms with Gasteiger partial charge in [0.2, 0.25) is 10.0 Å². The second kappa shape index (κ2) is 8.83. The Morgan fingerprint density at radius 3 is 2.42 bits per heavy atom. The zero-order valence-corrected chi connectivity index (χ0v) is 17.5. The van der Waals surface area contributed by atoms with Gasteiger partial charge in [0.25, 0.3) is 0 Å². The van der Waals surface area contributed by atoms with Crippen molar-refractivity contribution < 1.29 is 17.9 Å². The van der Waals surface area contributed by atoms with Crippen LogP contribution in [0, 0.1) is 13.8 Å². The third kappa shape index (κ3) is 5.78. The Bertz CT molecular complexity index is 678. The van der Waals surface area contributed by atoms with E-state index in [4.69, 9.17) is 9.47 Å². The lowest BCUT2D eigenvalue weighted by atomic mass is 9.85. The Balaban J connectivity index is 1.89. The lowest BCUT2D eigenvalue weighted by Crippen LogP contribution is -2.27. The van der Waals surface area contributed by atoms with Crippen molar-refractivity contribution in [3.8, 4) is 0 Å². The van der Waals surface area contributed by atoms with E-state index in [0.717, 1.165) is 36.1 Å². The highest BCUT2D eigenvalue weighted by atomic mass is 32.2. The summed E-state index contributed by atoms with van der Waals surface area (Å²) in [5.41, 5.74) is 2.72. The summed E-state index contributed by atoms with van der Waals surface area (Å²) in [5, 5.41) is 0. The van der Waals surface area contributed by atoms with Gasteiger partial charge in [-0.1, -0.05) is 32.9 Å². The van der Waals surface area contributed by atoms with Gasteiger partial charge in [0, 0.05) is 19.8 Å². The molecular formula is C20H33NO4S. The topological polar surface area (TPSA) is 64.6 Å². The summed E-state index contributed by atoms with van der Waals surface area (Å²) in [7, 11) is -3.52. The molecule has 1 heterocycles. The molecule has 0 saturated carbocycles. The Hall–Kier alpha value is -0.950. The number of ether oxygens (including phenoxy) is 2. The summed E-state index contributed by atoms with van der Waals surface area (Å²) < 4.78 is 39.2. The maximum atomic E-state index is 12.7. The number of benzene rings is 1. The number of nitrogens with one attached hydrogen (secondary N) is 1. The first kappa shape index (κ1) is 21.4. The Labute approximate surface area is 158 Å². The van der Waals surface area contributed by atoms with Crippen LogP contribution in [-0.4, -0.2) is 40.9 Å². The molecule has 1 aromatic carbocycles. The van der Waals surface area contributed by atoms with Gasteiger partial charge in [-0.05, 0) is 55.2 Å². The van der Waals surface area contributed by atoms with Crippen LogP contribution in [0.5, 0.6) is 0 Å². The van der Waals surface area contributed by atoms with Crippen molar-refractivity contribution >= 4 is 10.0 Å². The Morgan fingerprint density at radius 2 is 1.88 bits per heavy atom. The molecule has 148 valence electrons. The number of sulfonamides is 1. The fourth-order valence-corrected chi connectivity index (χ4v) is 4.77. The second-order valence-corrected chi connectivity index (χ2v) is 9.85. The third-order valence-electron chi connectivity index (χ3n) is 4.68. The van der Waals surface area contributed by atoms with Crippen LogP contribution in [0.3, 0.4) is 0 Å². The number of rotatable bonds is 8. The fraction of sp³-hybridized carbons (Fsp3) is 0.700. The van der Waals surface area contributed by atoms with Gasteiger partial charge in [0.15, 0.2) is 0 Å². The highest BCUT2D eigenvalue weighted by molar-refractivity contribution is 7.89. The van der Waals surface area contributed by atoms with Gasteiger partial charge in [-0.3, -0.25) is 0 Å². The molecule has 0 radical (unpaired) electrons. The van der Waals surface area contributed by atoms with Crippen LogP contribution < -0.4 is 4.72 Å². The van der Waals surface area contributed by atoms with Crippen LogP contribution in [0.1, 0.15) is 56.7 Å². The van der Waals surface area contributed by atoms with Crippen LogP contribution in [0.2, 0.25) is 0 Å². The zero-order valence-electron chi connectivity index (χ0n) is 16.7. The molecule has 5 nitrogen and oxygen atoms in total. The van der Waals surface area contributed by atoms with E-state index in [1.54, 1.807) is 0 Å². The highest BCUT2D eigenvalue weighted by Gasteiger charge is 2.23. The third-order valence-corrected chi connectivity index (χ3v) is 6.45. The van der Waals surface area contributed by atoms with Crippen LogP contribution in [0.4, 0.5) is 0 Å². The molecule has 0 spiro atoms. The van der Waals surface area contributed by atoms with E-state index in [1.807, 2.05) is 26.0 Å². The summed E-state index contributed by atoms with van der Waals surface area (Å²) in [6.45, 7) is 12.4. The molecule has 1 fully saturated rings. The van der Waals surface area contributed by atoms with E-state index in [2.05, 4.69) is 25.5 Å². The minimum Gasteiger partial charge on any atom is -0.379 e. The van der Waals surface area contributed by atoms with E-state index < -0.39 is 10.0 Å². The summed E-state index contributed by atoms with van der Waals surface area (Å²) >= 11 is 0.